The van der Waals surface area contributed by atoms with Gasteiger partial charge in [0.15, 0.2) is 10.9 Å². The molecule has 7 nitrogen and oxygen atoms in total. The van der Waals surface area contributed by atoms with E-state index in [0.717, 1.165) is 56.5 Å². The second-order valence-electron chi connectivity index (χ2n) is 9.23. The Morgan fingerprint density at radius 3 is 2.43 bits per heavy atom. The predicted molar refractivity (Wildman–Crippen MR) is 135 cm³/mol. The van der Waals surface area contributed by atoms with Gasteiger partial charge in [0.25, 0.3) is 0 Å². The number of ether oxygens (including phenoxy) is 1. The molecule has 1 saturated carbocycles. The molecule has 0 atom stereocenters. The molecule has 11 heteroatoms. The van der Waals surface area contributed by atoms with Crippen LogP contribution >= 0.6 is 12.2 Å². The Balaban J connectivity index is 1.30. The second-order valence-corrected chi connectivity index (χ2v) is 9.64. The van der Waals surface area contributed by atoms with Crippen molar-refractivity contribution in [3.63, 3.8) is 0 Å². The van der Waals surface area contributed by atoms with Crippen LogP contribution < -0.4 is 25.6 Å². The summed E-state index contributed by atoms with van der Waals surface area (Å²) in [7, 11) is 4.03. The minimum Gasteiger partial charge on any atom is -0.404 e. The lowest BCUT2D eigenvalue weighted by Crippen LogP contribution is -2.42. The lowest BCUT2D eigenvalue weighted by atomic mass is 9.91. The van der Waals surface area contributed by atoms with Gasteiger partial charge in [-0.25, -0.2) is 4.98 Å². The second kappa shape index (κ2) is 10.8. The van der Waals surface area contributed by atoms with E-state index in [-0.39, 0.29) is 28.6 Å². The van der Waals surface area contributed by atoms with Gasteiger partial charge in [0.05, 0.1) is 11.4 Å². The molecule has 0 radical (unpaired) electrons. The lowest BCUT2D eigenvalue weighted by Gasteiger charge is -2.31. The number of thiocarbonyl (C=S) groups is 1. The zero-order valence-electron chi connectivity index (χ0n) is 19.9. The highest BCUT2D eigenvalue weighted by Crippen LogP contribution is 2.31. The van der Waals surface area contributed by atoms with Gasteiger partial charge in [-0.2, -0.15) is 4.98 Å². The number of fused-ring (bicyclic) bond motifs is 1. The summed E-state index contributed by atoms with van der Waals surface area (Å²) in [6, 6.07) is 6.23. The SMILES string of the molecule is CN(C)c1nc(N[C@H]2CC[C@@H](NC(=S)Nc3ccccc3OC(F)(F)F)CC2)nc2c1CCCC2. The van der Waals surface area contributed by atoms with Crippen LogP contribution in [0, 0.1) is 0 Å². The van der Waals surface area contributed by atoms with Crippen LogP contribution in [0.15, 0.2) is 24.3 Å². The van der Waals surface area contributed by atoms with Crippen LogP contribution in [0.25, 0.3) is 0 Å². The number of rotatable bonds is 6. The number of anilines is 3. The molecule has 3 N–H and O–H groups in total. The van der Waals surface area contributed by atoms with Crippen molar-refractivity contribution in [3.05, 3.63) is 35.5 Å². The van der Waals surface area contributed by atoms with Crippen LogP contribution in [0.4, 0.5) is 30.6 Å². The summed E-state index contributed by atoms with van der Waals surface area (Å²) >= 11 is 5.35. The topological polar surface area (TPSA) is 74.3 Å². The van der Waals surface area contributed by atoms with Gasteiger partial charge in [-0.1, -0.05) is 12.1 Å². The Bertz CT molecular complexity index is 1040. The molecule has 0 amide bonds. The Kier molecular flexibility index (Phi) is 7.83. The first-order valence-electron chi connectivity index (χ1n) is 11.9. The van der Waals surface area contributed by atoms with E-state index in [9.17, 15) is 13.2 Å². The number of para-hydroxylation sites is 2. The molecule has 1 aromatic carbocycles. The number of nitrogens with zero attached hydrogens (tertiary/aromatic N) is 3. The number of nitrogens with one attached hydrogen (secondary N) is 3. The van der Waals surface area contributed by atoms with Crippen molar-refractivity contribution < 1.29 is 17.9 Å². The fourth-order valence-electron chi connectivity index (χ4n) is 4.70. The van der Waals surface area contributed by atoms with Crippen LogP contribution in [0.3, 0.4) is 0 Å². The number of halogens is 3. The van der Waals surface area contributed by atoms with Crippen LogP contribution in [-0.2, 0) is 12.8 Å². The maximum absolute atomic E-state index is 12.7. The Hall–Kier alpha value is -2.82. The molecule has 2 aliphatic carbocycles. The Morgan fingerprint density at radius 1 is 1.03 bits per heavy atom. The molecular weight excluding hydrogens is 477 g/mol. The van der Waals surface area contributed by atoms with E-state index < -0.39 is 6.36 Å². The first-order chi connectivity index (χ1) is 16.7. The van der Waals surface area contributed by atoms with Crippen LogP contribution in [-0.4, -0.2) is 47.6 Å². The molecule has 2 aromatic rings. The molecule has 0 spiro atoms. The van der Waals surface area contributed by atoms with E-state index >= 15 is 0 Å². The highest BCUT2D eigenvalue weighted by molar-refractivity contribution is 7.80. The van der Waals surface area contributed by atoms with Crippen LogP contribution in [0.5, 0.6) is 5.75 Å². The van der Waals surface area contributed by atoms with Crippen LogP contribution in [0.1, 0.15) is 49.8 Å². The number of aromatic nitrogens is 2. The van der Waals surface area contributed by atoms with Crippen molar-refractivity contribution in [1.82, 2.24) is 15.3 Å². The number of alkyl halides is 3. The van der Waals surface area contributed by atoms with E-state index in [4.69, 9.17) is 22.2 Å². The van der Waals surface area contributed by atoms with E-state index in [2.05, 4.69) is 25.6 Å². The molecule has 2 aliphatic rings. The predicted octanol–water partition coefficient (Wildman–Crippen LogP) is 5.03. The van der Waals surface area contributed by atoms with E-state index in [1.54, 1.807) is 6.07 Å². The number of benzene rings is 1. The number of aryl methyl sites for hydroxylation is 1. The third kappa shape index (κ3) is 6.87. The Morgan fingerprint density at radius 2 is 1.71 bits per heavy atom. The van der Waals surface area contributed by atoms with Gasteiger partial charge in [0.1, 0.15) is 5.82 Å². The first kappa shape index (κ1) is 25.3. The average molecular weight is 509 g/mol. The lowest BCUT2D eigenvalue weighted by molar-refractivity contribution is -0.274. The standard InChI is InChI=1S/C24H31F3N6OS/c1-33(2)21-17-7-3-4-8-18(17)30-22(32-21)28-15-11-13-16(14-12-15)29-23(35)31-19-9-5-6-10-20(19)34-24(25,26)27/h5-6,9-10,15-16H,3-4,7-8,11-14H2,1-2H3,(H,28,30,32)(H2,29,31,35)/t15-,16+. The molecule has 1 aromatic heterocycles. The molecule has 0 bridgehead atoms. The zero-order chi connectivity index (χ0) is 25.0. The van der Waals surface area contributed by atoms with Gasteiger partial charge >= 0.3 is 6.36 Å². The third-order valence-electron chi connectivity index (χ3n) is 6.34. The minimum absolute atomic E-state index is 0.130. The zero-order valence-corrected chi connectivity index (χ0v) is 20.7. The number of hydrogen-bond acceptors (Lipinski definition) is 6. The molecular formula is C24H31F3N6OS. The third-order valence-corrected chi connectivity index (χ3v) is 6.56. The van der Waals surface area contributed by atoms with Crippen LogP contribution in [0.2, 0.25) is 0 Å². The van der Waals surface area contributed by atoms with Gasteiger partial charge in [-0.3, -0.25) is 0 Å². The smallest absolute Gasteiger partial charge is 0.404 e. The fourth-order valence-corrected chi connectivity index (χ4v) is 4.98. The van der Waals surface area contributed by atoms with Crippen molar-refractivity contribution in [1.29, 1.82) is 0 Å². The molecule has 0 saturated heterocycles. The first-order valence-corrected chi connectivity index (χ1v) is 12.3. The maximum Gasteiger partial charge on any atom is 0.573 e. The summed E-state index contributed by atoms with van der Waals surface area (Å²) in [5, 5.41) is 9.85. The molecule has 1 heterocycles. The molecule has 35 heavy (non-hydrogen) atoms. The van der Waals surface area contributed by atoms with Gasteiger partial charge in [-0.15, -0.1) is 13.2 Å². The summed E-state index contributed by atoms with van der Waals surface area (Å²) < 4.78 is 42.0. The van der Waals surface area contributed by atoms with Crippen molar-refractivity contribution in [3.8, 4) is 5.75 Å². The average Bonchev–Trinajstić information content (AvgIpc) is 2.80. The van der Waals surface area contributed by atoms with Crippen molar-refractivity contribution in [2.45, 2.75) is 69.8 Å². The molecule has 4 rings (SSSR count). The van der Waals surface area contributed by atoms with Gasteiger partial charge < -0.3 is 25.6 Å². The molecule has 190 valence electrons. The van der Waals surface area contributed by atoms with E-state index in [0.29, 0.717) is 5.95 Å². The summed E-state index contributed by atoms with van der Waals surface area (Å²) in [5.41, 5.74) is 2.58. The normalized spacial score (nSPS) is 19.9. The monoisotopic (exact) mass is 508 g/mol. The molecule has 0 aliphatic heterocycles. The van der Waals surface area contributed by atoms with E-state index in [1.165, 1.54) is 30.2 Å². The molecule has 0 unspecified atom stereocenters. The summed E-state index contributed by atoms with van der Waals surface area (Å²) in [6.45, 7) is 0. The van der Waals surface area contributed by atoms with Crippen molar-refractivity contribution in [2.75, 3.05) is 29.6 Å². The number of hydrogen-bond donors (Lipinski definition) is 3. The van der Waals surface area contributed by atoms with Crippen molar-refractivity contribution in [2.24, 2.45) is 0 Å². The summed E-state index contributed by atoms with van der Waals surface area (Å²) in [6.07, 6.45) is 3.14. The highest BCUT2D eigenvalue weighted by Gasteiger charge is 2.32. The summed E-state index contributed by atoms with van der Waals surface area (Å²) in [4.78, 5) is 11.7. The van der Waals surface area contributed by atoms with Gasteiger partial charge in [0, 0.05) is 31.7 Å². The quantitative estimate of drug-likeness (QED) is 0.470. The fraction of sp³-hybridized carbons (Fsp3) is 0.542. The van der Waals surface area contributed by atoms with Crippen molar-refractivity contribution >= 4 is 34.8 Å². The minimum atomic E-state index is -4.77. The largest absolute Gasteiger partial charge is 0.573 e. The summed E-state index contributed by atoms with van der Waals surface area (Å²) in [5.74, 6) is 1.36. The van der Waals surface area contributed by atoms with Gasteiger partial charge in [0.2, 0.25) is 5.95 Å². The highest BCUT2D eigenvalue weighted by atomic mass is 32.1. The van der Waals surface area contributed by atoms with Gasteiger partial charge in [-0.05, 0) is 75.7 Å². The Labute approximate surface area is 208 Å². The van der Waals surface area contributed by atoms with E-state index in [1.807, 2.05) is 14.1 Å². The maximum atomic E-state index is 12.7. The molecule has 1 fully saturated rings.